The number of piperidine rings is 1. The molecule has 3 aliphatic heterocycles. The number of thioether (sulfide) groups is 1. The molecule has 0 unspecified atom stereocenters. The Morgan fingerprint density at radius 2 is 1.54 bits per heavy atom. The van der Waals surface area contributed by atoms with Crippen LogP contribution in [0.25, 0.3) is 5.57 Å². The van der Waals surface area contributed by atoms with Crippen molar-refractivity contribution in [2.75, 3.05) is 102 Å². The number of allylic oxidation sites excluding steroid dienone is 1. The van der Waals surface area contributed by atoms with E-state index in [4.69, 9.17) is 11.6 Å². The lowest BCUT2D eigenvalue weighted by Gasteiger charge is -2.42. The van der Waals surface area contributed by atoms with Gasteiger partial charge in [0.05, 0.1) is 9.82 Å². The number of piperazine rings is 2. The van der Waals surface area contributed by atoms with Crippen molar-refractivity contribution in [3.63, 3.8) is 0 Å². The maximum absolute atomic E-state index is 13.6. The van der Waals surface area contributed by atoms with Crippen molar-refractivity contribution < 1.29 is 18.1 Å². The first-order valence-electron chi connectivity index (χ1n) is 24.2. The summed E-state index contributed by atoms with van der Waals surface area (Å²) in [6.07, 6.45) is 6.45. The first-order valence-corrected chi connectivity index (χ1v) is 27.0. The molecule has 2 N–H and O–H groups in total. The molecule has 0 saturated carbocycles. The Bertz CT molecular complexity index is 2490. The average Bonchev–Trinajstić information content (AvgIpc) is 3.33. The van der Waals surface area contributed by atoms with Crippen LogP contribution in [0, 0.1) is 15.5 Å². The van der Waals surface area contributed by atoms with Gasteiger partial charge in [0.1, 0.15) is 5.69 Å². The fourth-order valence-corrected chi connectivity index (χ4v) is 12.3. The number of likely N-dealkylation sites (tertiary alicyclic amines) is 1. The topological polar surface area (TPSA) is 135 Å². The summed E-state index contributed by atoms with van der Waals surface area (Å²) in [5.74, 6) is -0.151. The monoisotopic (exact) mass is 982 g/mol. The van der Waals surface area contributed by atoms with Gasteiger partial charge in [-0.2, -0.15) is 0 Å². The van der Waals surface area contributed by atoms with E-state index in [0.717, 1.165) is 126 Å². The number of carbonyl (C=O) groups is 1. The zero-order chi connectivity index (χ0) is 47.8. The molecule has 16 heteroatoms. The number of nitrogens with one attached hydrogen (secondary N) is 2. The van der Waals surface area contributed by atoms with Crippen LogP contribution in [0.5, 0.6) is 0 Å². The summed E-state index contributed by atoms with van der Waals surface area (Å²) in [6, 6.07) is 29.5. The fraction of sp³-hybridized carbons (Fsp3) is 0.481. The predicted molar refractivity (Wildman–Crippen MR) is 277 cm³/mol. The van der Waals surface area contributed by atoms with Crippen LogP contribution >= 0.6 is 23.4 Å². The number of amides is 1. The van der Waals surface area contributed by atoms with Crippen molar-refractivity contribution >= 4 is 61.9 Å². The molecule has 4 aliphatic rings. The van der Waals surface area contributed by atoms with Gasteiger partial charge in [0.25, 0.3) is 21.6 Å². The largest absolute Gasteiger partial charge is 0.376 e. The van der Waals surface area contributed by atoms with Crippen molar-refractivity contribution in [3.8, 4) is 0 Å². The molecule has 0 bridgehead atoms. The van der Waals surface area contributed by atoms with E-state index in [0.29, 0.717) is 11.8 Å². The van der Waals surface area contributed by atoms with E-state index in [1.807, 2.05) is 54.6 Å². The number of benzene rings is 4. The Hall–Kier alpha value is -4.48. The highest BCUT2D eigenvalue weighted by Crippen LogP contribution is 2.43. The van der Waals surface area contributed by atoms with Crippen molar-refractivity contribution in [2.45, 2.75) is 74.2 Å². The van der Waals surface area contributed by atoms with Gasteiger partial charge in [-0.15, -0.1) is 11.8 Å². The predicted octanol–water partition coefficient (Wildman–Crippen LogP) is 8.83. The van der Waals surface area contributed by atoms with E-state index in [-0.39, 0.29) is 33.3 Å². The second kappa shape index (κ2) is 22.5. The summed E-state index contributed by atoms with van der Waals surface area (Å²) in [6.45, 7) is 16.2. The maximum atomic E-state index is 13.6. The highest BCUT2D eigenvalue weighted by atomic mass is 35.5. The third-order valence-electron chi connectivity index (χ3n) is 14.3. The first kappa shape index (κ1) is 49.9. The molecule has 13 nitrogen and oxygen atoms in total. The lowest BCUT2D eigenvalue weighted by Crippen LogP contribution is -2.53. The second-order valence-electron chi connectivity index (χ2n) is 19.8. The highest BCUT2D eigenvalue weighted by molar-refractivity contribution is 7.99. The number of rotatable bonds is 17. The van der Waals surface area contributed by atoms with Crippen LogP contribution in [0.4, 0.5) is 17.1 Å². The van der Waals surface area contributed by atoms with Crippen molar-refractivity contribution in [1.82, 2.24) is 24.3 Å². The van der Waals surface area contributed by atoms with Crippen LogP contribution in [0.1, 0.15) is 68.3 Å². The third kappa shape index (κ3) is 13.2. The standard InChI is InChI=1S/C52H67ClN8O5S2/c1-52(2)23-19-48(39-9-13-42(53)14-10-39)41(36-52)37-58-29-33-59(34-30-58)44-15-11-40(12-16-44)51(62)55-68(65,66)47-17-18-49(50(35-47)61(63)64)54-43(38-67-46-7-5-4-6-8-46)20-26-57-27-31-60(32-28-57)45-21-24-56(3)25-22-45/h4-18,35,43,45,54H,19-34,36-38H2,1-3H3,(H,55,62)/t43-/m1/s1. The van der Waals surface area contributed by atoms with Crippen LogP contribution in [-0.4, -0.2) is 142 Å². The van der Waals surface area contributed by atoms with Crippen molar-refractivity contribution in [1.29, 1.82) is 0 Å². The van der Waals surface area contributed by atoms with Gasteiger partial charge in [0, 0.05) is 111 Å². The van der Waals surface area contributed by atoms with Gasteiger partial charge >= 0.3 is 0 Å². The van der Waals surface area contributed by atoms with E-state index in [1.165, 1.54) is 41.7 Å². The Morgan fingerprint density at radius 3 is 2.22 bits per heavy atom. The molecule has 0 aromatic heterocycles. The van der Waals surface area contributed by atoms with Crippen LogP contribution in [0.2, 0.25) is 5.02 Å². The number of halogens is 1. The normalized spacial score (nSPS) is 19.7. The van der Waals surface area contributed by atoms with Gasteiger partial charge in [-0.25, -0.2) is 13.1 Å². The number of hydrogen-bond donors (Lipinski definition) is 2. The summed E-state index contributed by atoms with van der Waals surface area (Å²) >= 11 is 7.89. The van der Waals surface area contributed by atoms with E-state index in [1.54, 1.807) is 23.9 Å². The summed E-state index contributed by atoms with van der Waals surface area (Å²) in [5.41, 5.74) is 5.45. The molecule has 8 rings (SSSR count). The van der Waals surface area contributed by atoms with E-state index < -0.39 is 20.9 Å². The molecule has 3 fully saturated rings. The number of nitro benzene ring substituents is 1. The zero-order valence-corrected chi connectivity index (χ0v) is 42.1. The number of nitrogens with zero attached hydrogens (tertiary/aromatic N) is 6. The van der Waals surface area contributed by atoms with Crippen LogP contribution in [0.15, 0.2) is 112 Å². The van der Waals surface area contributed by atoms with Gasteiger partial charge in [0.15, 0.2) is 0 Å². The van der Waals surface area contributed by atoms with E-state index in [9.17, 15) is 23.3 Å². The molecule has 4 aromatic carbocycles. The number of sulfonamides is 1. The van der Waals surface area contributed by atoms with Gasteiger partial charge in [-0.05, 0) is 136 Å². The number of carbonyl (C=O) groups excluding carboxylic acids is 1. The molecule has 68 heavy (non-hydrogen) atoms. The maximum Gasteiger partial charge on any atom is 0.293 e. The van der Waals surface area contributed by atoms with E-state index >= 15 is 0 Å². The Kier molecular flexibility index (Phi) is 16.5. The molecule has 0 radical (unpaired) electrons. The number of nitro groups is 1. The Labute approximate surface area is 412 Å². The lowest BCUT2D eigenvalue weighted by atomic mass is 9.73. The number of anilines is 2. The molecule has 1 atom stereocenters. The molecule has 1 amide bonds. The van der Waals surface area contributed by atoms with Gasteiger partial charge in [-0.1, -0.05) is 61.4 Å². The fourth-order valence-electron chi connectivity index (χ4n) is 10.2. The molecule has 4 aromatic rings. The number of hydrogen-bond acceptors (Lipinski definition) is 12. The molecule has 364 valence electrons. The van der Waals surface area contributed by atoms with Crippen LogP contribution in [-0.2, 0) is 10.0 Å². The summed E-state index contributed by atoms with van der Waals surface area (Å²) in [7, 11) is -2.26. The first-order chi connectivity index (χ1) is 32.7. The quantitative estimate of drug-likeness (QED) is 0.0595. The Morgan fingerprint density at radius 1 is 0.868 bits per heavy atom. The summed E-state index contributed by atoms with van der Waals surface area (Å²) < 4.78 is 29.4. The van der Waals surface area contributed by atoms with Gasteiger partial charge in [-0.3, -0.25) is 24.7 Å². The highest BCUT2D eigenvalue weighted by Gasteiger charge is 2.31. The minimum absolute atomic E-state index is 0.138. The minimum atomic E-state index is -4.45. The second-order valence-corrected chi connectivity index (χ2v) is 23.0. The molecule has 3 saturated heterocycles. The summed E-state index contributed by atoms with van der Waals surface area (Å²) in [4.78, 5) is 38.4. The molecular weight excluding hydrogens is 916 g/mol. The minimum Gasteiger partial charge on any atom is -0.376 e. The van der Waals surface area contributed by atoms with Crippen LogP contribution < -0.4 is 14.9 Å². The molecule has 0 spiro atoms. The van der Waals surface area contributed by atoms with Crippen LogP contribution in [0.3, 0.4) is 0 Å². The SMILES string of the molecule is CN1CCC(N2CCN(CC[C@H](CSc3ccccc3)Nc3ccc(S(=O)(=O)NC(=O)c4ccc(N5CCN(CC6=C(c7ccc(Cl)cc7)CCC(C)(C)C6)CC5)cc4)cc3[N+](=O)[O-])CC2)CC1. The molecular formula is C52H67ClN8O5S2. The molecule has 3 heterocycles. The smallest absolute Gasteiger partial charge is 0.293 e. The zero-order valence-electron chi connectivity index (χ0n) is 39.7. The van der Waals surface area contributed by atoms with Gasteiger partial charge in [0.2, 0.25) is 0 Å². The Balaban J connectivity index is 0.865. The van der Waals surface area contributed by atoms with Crippen molar-refractivity contribution in [2.24, 2.45) is 5.41 Å². The third-order valence-corrected chi connectivity index (χ3v) is 17.1. The van der Waals surface area contributed by atoms with Gasteiger partial charge < -0.3 is 20.0 Å². The molecule has 1 aliphatic carbocycles. The summed E-state index contributed by atoms with van der Waals surface area (Å²) in [5, 5.41) is 16.7. The average molecular weight is 984 g/mol. The lowest BCUT2D eigenvalue weighted by molar-refractivity contribution is -0.384. The van der Waals surface area contributed by atoms with E-state index in [2.05, 4.69) is 67.6 Å². The van der Waals surface area contributed by atoms with Crippen molar-refractivity contribution in [3.05, 3.63) is 129 Å².